The average molecular weight is 833 g/mol. The van der Waals surface area contributed by atoms with Crippen LogP contribution in [0.3, 0.4) is 0 Å². The van der Waals surface area contributed by atoms with E-state index in [4.69, 9.17) is 4.74 Å². The fraction of sp³-hybridized carbons (Fsp3) is 0.552. The molecule has 0 bridgehead atoms. The third-order valence-electron chi connectivity index (χ3n) is 11.8. The van der Waals surface area contributed by atoms with Gasteiger partial charge in [-0.1, -0.05) is 116 Å². The number of carbonyl (C=O) groups is 2. The fourth-order valence-electron chi connectivity index (χ4n) is 7.31. The first kappa shape index (κ1) is 55.0. The van der Waals surface area contributed by atoms with Crippen molar-refractivity contribution in [1.29, 1.82) is 0 Å². The van der Waals surface area contributed by atoms with Crippen molar-refractivity contribution in [2.45, 2.75) is 205 Å². The van der Waals surface area contributed by atoms with Gasteiger partial charge in [-0.25, -0.2) is 0 Å². The average Bonchev–Trinajstić information content (AvgIpc) is 3.19. The molecule has 0 aliphatic heterocycles. The Morgan fingerprint density at radius 3 is 0.902 bits per heavy atom. The van der Waals surface area contributed by atoms with Gasteiger partial charge in [0.2, 0.25) is 5.78 Å². The third-order valence-corrected chi connectivity index (χ3v) is 11.8. The SMILES string of the molecule is COC1=CC(=O)C(C)=C(CC=C(C)CCC=C(C)CCC=C(C)CCC=C(C)CCC=C(C)CCC=C(C)CCC=C(C)CCC=C(C)CCC=C(C)CCC=C(C)C)C1=O. The summed E-state index contributed by atoms with van der Waals surface area (Å²) in [4.78, 5) is 24.8. The van der Waals surface area contributed by atoms with Crippen LogP contribution in [0.2, 0.25) is 0 Å². The summed E-state index contributed by atoms with van der Waals surface area (Å²) in [6, 6.07) is 0. The first-order valence-corrected chi connectivity index (χ1v) is 23.6. The number of hydrogen-bond donors (Lipinski definition) is 0. The van der Waals surface area contributed by atoms with E-state index in [1.54, 1.807) is 6.92 Å². The number of methoxy groups -OCH3 is 1. The molecule has 1 aliphatic rings. The van der Waals surface area contributed by atoms with Crippen LogP contribution in [0.1, 0.15) is 205 Å². The molecular weight excluding hydrogens is 745 g/mol. The summed E-state index contributed by atoms with van der Waals surface area (Å²) in [6.07, 6.45) is 45.8. The van der Waals surface area contributed by atoms with Crippen LogP contribution in [0.4, 0.5) is 0 Å². The maximum absolute atomic E-state index is 12.6. The highest BCUT2D eigenvalue weighted by molar-refractivity contribution is 6.21. The van der Waals surface area contributed by atoms with Gasteiger partial charge in [-0.05, 0) is 205 Å². The Balaban J connectivity index is 2.28. The zero-order valence-corrected chi connectivity index (χ0v) is 41.5. The highest BCUT2D eigenvalue weighted by atomic mass is 16.5. The van der Waals surface area contributed by atoms with Crippen LogP contribution in [-0.4, -0.2) is 18.7 Å². The van der Waals surface area contributed by atoms with Crippen molar-refractivity contribution in [1.82, 2.24) is 0 Å². The van der Waals surface area contributed by atoms with Gasteiger partial charge in [0, 0.05) is 17.2 Å². The Hall–Kier alpha value is -3.98. The summed E-state index contributed by atoms with van der Waals surface area (Å²) < 4.78 is 5.11. The molecule has 0 aromatic rings. The minimum absolute atomic E-state index is 0.135. The molecule has 3 heteroatoms. The van der Waals surface area contributed by atoms with Crippen LogP contribution < -0.4 is 0 Å². The molecule has 0 unspecified atom stereocenters. The maximum Gasteiger partial charge on any atom is 0.224 e. The summed E-state index contributed by atoms with van der Waals surface area (Å²) in [5.74, 6) is -0.186. The van der Waals surface area contributed by atoms with E-state index in [-0.39, 0.29) is 17.3 Å². The van der Waals surface area contributed by atoms with Gasteiger partial charge in [0.05, 0.1) is 7.11 Å². The largest absolute Gasteiger partial charge is 0.493 e. The molecule has 0 N–H and O–H groups in total. The molecule has 0 aromatic heterocycles. The number of Topliss-reactive ketones (excluding diaryl/α,β-unsaturated/α-hetero) is 1. The smallest absolute Gasteiger partial charge is 0.224 e. The predicted octanol–water partition coefficient (Wildman–Crippen LogP) is 17.9. The van der Waals surface area contributed by atoms with Crippen molar-refractivity contribution in [2.24, 2.45) is 0 Å². The van der Waals surface area contributed by atoms with Crippen LogP contribution in [0.5, 0.6) is 0 Å². The van der Waals surface area contributed by atoms with Crippen LogP contribution in [0, 0.1) is 0 Å². The van der Waals surface area contributed by atoms with E-state index in [9.17, 15) is 9.59 Å². The van der Waals surface area contributed by atoms with E-state index in [1.165, 1.54) is 88.2 Å². The van der Waals surface area contributed by atoms with E-state index in [0.717, 1.165) is 96.3 Å². The molecule has 3 nitrogen and oxygen atoms in total. The lowest BCUT2D eigenvalue weighted by Crippen LogP contribution is -2.19. The van der Waals surface area contributed by atoms with Crippen molar-refractivity contribution in [3.05, 3.63) is 139 Å². The van der Waals surface area contributed by atoms with Gasteiger partial charge < -0.3 is 4.74 Å². The molecule has 1 aliphatic carbocycles. The van der Waals surface area contributed by atoms with Crippen LogP contribution >= 0.6 is 0 Å². The van der Waals surface area contributed by atoms with Gasteiger partial charge in [-0.2, -0.15) is 0 Å². The van der Waals surface area contributed by atoms with E-state index in [0.29, 0.717) is 17.6 Å². The van der Waals surface area contributed by atoms with E-state index >= 15 is 0 Å². The second kappa shape index (κ2) is 32.7. The molecule has 0 saturated heterocycles. The van der Waals surface area contributed by atoms with Crippen LogP contribution in [0.25, 0.3) is 0 Å². The second-order valence-electron chi connectivity index (χ2n) is 18.3. The van der Waals surface area contributed by atoms with E-state index < -0.39 is 0 Å². The van der Waals surface area contributed by atoms with Gasteiger partial charge >= 0.3 is 0 Å². The van der Waals surface area contributed by atoms with Gasteiger partial charge in [0.15, 0.2) is 11.5 Å². The molecular formula is C58H88O3. The molecule has 0 aromatic carbocycles. The van der Waals surface area contributed by atoms with Gasteiger partial charge in [-0.3, -0.25) is 9.59 Å². The molecule has 0 radical (unpaired) electrons. The molecule has 61 heavy (non-hydrogen) atoms. The van der Waals surface area contributed by atoms with Crippen LogP contribution in [-0.2, 0) is 14.3 Å². The van der Waals surface area contributed by atoms with E-state index in [1.807, 2.05) is 0 Å². The summed E-state index contributed by atoms with van der Waals surface area (Å²) in [7, 11) is 1.43. The lowest BCUT2D eigenvalue weighted by atomic mass is 9.91. The molecule has 338 valence electrons. The first-order chi connectivity index (χ1) is 29.0. The van der Waals surface area contributed by atoms with Crippen molar-refractivity contribution in [3.8, 4) is 0 Å². The second-order valence-corrected chi connectivity index (χ2v) is 18.3. The Morgan fingerprint density at radius 1 is 0.410 bits per heavy atom. The number of hydrogen-bond acceptors (Lipinski definition) is 3. The quantitative estimate of drug-likeness (QED) is 0.0535. The molecule has 0 atom stereocenters. The standard InChI is InChI=1S/C58H88O3/c1-44(2)23-14-24-45(3)25-15-26-46(4)27-16-28-47(5)29-17-30-48(6)31-18-32-49(7)33-19-34-50(8)35-20-36-51(9)37-21-38-52(10)39-22-40-53(11)41-42-55-54(12)56(59)43-57(61-13)58(55)60/h23,25,27,29,31,33,35,37,39,41,43H,14-22,24,26,28,30,32,34,36,38,40,42H2,1-13H3. The summed E-state index contributed by atoms with van der Waals surface area (Å²) in [5.41, 5.74) is 15.7. The van der Waals surface area contributed by atoms with Crippen LogP contribution in [0.15, 0.2) is 139 Å². The Labute approximate surface area is 376 Å². The van der Waals surface area contributed by atoms with Gasteiger partial charge in [-0.15, -0.1) is 0 Å². The molecule has 1 rings (SSSR count). The maximum atomic E-state index is 12.6. The molecule has 0 fully saturated rings. The fourth-order valence-corrected chi connectivity index (χ4v) is 7.31. The minimum Gasteiger partial charge on any atom is -0.493 e. The number of ether oxygens (including phenoxy) is 1. The highest BCUT2D eigenvalue weighted by Crippen LogP contribution is 2.24. The van der Waals surface area contributed by atoms with Crippen molar-refractivity contribution in [3.63, 3.8) is 0 Å². The van der Waals surface area contributed by atoms with Crippen molar-refractivity contribution >= 4 is 11.6 Å². The molecule has 0 saturated carbocycles. The number of rotatable bonds is 30. The monoisotopic (exact) mass is 833 g/mol. The Bertz CT molecular complexity index is 1770. The number of allylic oxidation sites excluding steroid dienone is 23. The third kappa shape index (κ3) is 27.6. The lowest BCUT2D eigenvalue weighted by molar-refractivity contribution is -0.118. The Morgan fingerprint density at radius 2 is 0.656 bits per heavy atom. The molecule has 0 heterocycles. The van der Waals surface area contributed by atoms with Gasteiger partial charge in [0.1, 0.15) is 0 Å². The van der Waals surface area contributed by atoms with Crippen molar-refractivity contribution < 1.29 is 14.3 Å². The summed E-state index contributed by atoms with van der Waals surface area (Å²) in [5, 5.41) is 0. The van der Waals surface area contributed by atoms with E-state index in [2.05, 4.69) is 137 Å². The van der Waals surface area contributed by atoms with Crippen molar-refractivity contribution in [2.75, 3.05) is 7.11 Å². The Kier molecular flexibility index (Phi) is 29.5. The van der Waals surface area contributed by atoms with Gasteiger partial charge in [0.25, 0.3) is 0 Å². The highest BCUT2D eigenvalue weighted by Gasteiger charge is 2.26. The first-order valence-electron chi connectivity index (χ1n) is 23.6. The minimum atomic E-state index is -0.178. The lowest BCUT2D eigenvalue weighted by Gasteiger charge is -2.15. The molecule has 0 amide bonds. The number of ketones is 2. The summed E-state index contributed by atoms with van der Waals surface area (Å²) in [6.45, 7) is 26.4. The number of carbonyl (C=O) groups excluding carboxylic acids is 2. The topological polar surface area (TPSA) is 43.4 Å². The normalized spacial score (nSPS) is 15.9. The predicted molar refractivity (Wildman–Crippen MR) is 269 cm³/mol. The molecule has 0 spiro atoms. The summed E-state index contributed by atoms with van der Waals surface area (Å²) >= 11 is 0. The zero-order valence-electron chi connectivity index (χ0n) is 41.5. The zero-order chi connectivity index (χ0) is 45.6.